The molecular weight excluding hydrogens is 658 g/mol. The second kappa shape index (κ2) is 16.0. The van der Waals surface area contributed by atoms with E-state index in [2.05, 4.69) is 42.6 Å². The number of carbonyl (C=O) groups is 3. The van der Waals surface area contributed by atoms with E-state index in [1.165, 1.54) is 7.11 Å². The van der Waals surface area contributed by atoms with Crippen molar-refractivity contribution >= 4 is 29.4 Å². The van der Waals surface area contributed by atoms with Crippen molar-refractivity contribution in [2.24, 2.45) is 5.92 Å². The average molecular weight is 708 g/mol. The fourth-order valence-electron chi connectivity index (χ4n) is 6.88. The molecule has 2 aromatic heterocycles. The highest BCUT2D eigenvalue weighted by atomic mass is 16.5. The predicted molar refractivity (Wildman–Crippen MR) is 202 cm³/mol. The van der Waals surface area contributed by atoms with Crippen molar-refractivity contribution < 1.29 is 19.1 Å². The van der Waals surface area contributed by atoms with Gasteiger partial charge in [0.25, 0.3) is 5.91 Å². The SMILES string of the molecule is COC(=O)N[C@H](C(=O)N1C[C@@H](N(C)C)C[C@H]1c1nc(-c2ccc(-c3ccc(NC(=O)c4ccc(N5CCNC[C@H]5C)nc4)cc3)cc2)c[nH]1)C(C)C. The van der Waals surface area contributed by atoms with Crippen molar-refractivity contribution in [2.75, 3.05) is 57.6 Å². The summed E-state index contributed by atoms with van der Waals surface area (Å²) in [5.41, 5.74) is 4.96. The number of carbonyl (C=O) groups excluding carboxylic acids is 3. The zero-order valence-corrected chi connectivity index (χ0v) is 30.7. The number of ether oxygens (including phenoxy) is 1. The monoisotopic (exact) mass is 707 g/mol. The maximum absolute atomic E-state index is 13.8. The van der Waals surface area contributed by atoms with Crippen LogP contribution in [0.4, 0.5) is 16.3 Å². The molecule has 4 aromatic rings. The first-order valence-corrected chi connectivity index (χ1v) is 17.8. The van der Waals surface area contributed by atoms with E-state index in [1.807, 2.05) is 99.7 Å². The first-order valence-electron chi connectivity index (χ1n) is 17.8. The normalized spacial score (nSPS) is 19.5. The summed E-state index contributed by atoms with van der Waals surface area (Å²) in [6, 6.07) is 19.1. The number of piperazine rings is 1. The molecule has 274 valence electrons. The van der Waals surface area contributed by atoms with Gasteiger partial charge in [0.2, 0.25) is 5.91 Å². The standard InChI is InChI=1S/C39H49N9O4/c1-24(2)35(45-39(51)52-6)38(50)48-23-31(46(4)5)19-33(48)36-42-22-32(44-36)28-9-7-26(8-10-28)27-11-14-30(15-12-27)43-37(49)29-13-16-34(41-21-29)47-18-17-40-20-25(47)3/h7-16,21-22,24-25,31,33,35,40H,17-20,23H2,1-6H3,(H,42,44)(H,43,49)(H,45,51)/t25-,31+,33+,35+/m1/s1. The number of likely N-dealkylation sites (N-methyl/N-ethyl adjacent to an activating group) is 1. The number of likely N-dealkylation sites (tertiary alicyclic amines) is 1. The summed E-state index contributed by atoms with van der Waals surface area (Å²) in [5, 5.41) is 9.08. The third-order valence-electron chi connectivity index (χ3n) is 10.1. The molecule has 2 aliphatic rings. The molecule has 2 aromatic carbocycles. The van der Waals surface area contributed by atoms with E-state index in [-0.39, 0.29) is 29.8 Å². The number of pyridine rings is 1. The number of H-pyrrole nitrogens is 1. The van der Waals surface area contributed by atoms with Crippen molar-refractivity contribution in [3.05, 3.63) is 84.4 Å². The molecule has 0 bridgehead atoms. The predicted octanol–water partition coefficient (Wildman–Crippen LogP) is 4.77. The first-order chi connectivity index (χ1) is 25.0. The molecule has 13 nitrogen and oxygen atoms in total. The molecular formula is C39H49N9O4. The van der Waals surface area contributed by atoms with E-state index in [4.69, 9.17) is 9.72 Å². The number of imidazole rings is 1. The Morgan fingerprint density at radius 1 is 0.981 bits per heavy atom. The summed E-state index contributed by atoms with van der Waals surface area (Å²) in [6.45, 7) is 9.21. The van der Waals surface area contributed by atoms with Gasteiger partial charge in [0, 0.05) is 61.9 Å². The molecule has 52 heavy (non-hydrogen) atoms. The lowest BCUT2D eigenvalue weighted by Gasteiger charge is -2.34. The summed E-state index contributed by atoms with van der Waals surface area (Å²) in [7, 11) is 5.31. The van der Waals surface area contributed by atoms with Crippen molar-refractivity contribution in [3.8, 4) is 22.4 Å². The number of hydrogen-bond donors (Lipinski definition) is 4. The van der Waals surface area contributed by atoms with E-state index in [1.54, 1.807) is 6.20 Å². The summed E-state index contributed by atoms with van der Waals surface area (Å²) in [5.74, 6) is 1.09. The second-order valence-electron chi connectivity index (χ2n) is 14.1. The van der Waals surface area contributed by atoms with Gasteiger partial charge < -0.3 is 40.4 Å². The Kier molecular flexibility index (Phi) is 11.2. The average Bonchev–Trinajstić information content (AvgIpc) is 3.83. The number of alkyl carbamates (subject to hydrolysis) is 1. The van der Waals surface area contributed by atoms with Gasteiger partial charge in [-0.25, -0.2) is 14.8 Å². The van der Waals surface area contributed by atoms with Gasteiger partial charge in [0.1, 0.15) is 17.7 Å². The highest BCUT2D eigenvalue weighted by Gasteiger charge is 2.42. The third kappa shape index (κ3) is 8.11. The number of nitrogens with zero attached hydrogens (tertiary/aromatic N) is 5. The lowest BCUT2D eigenvalue weighted by molar-refractivity contribution is -0.135. The lowest BCUT2D eigenvalue weighted by Crippen LogP contribution is -2.51. The Balaban J connectivity index is 1.10. The van der Waals surface area contributed by atoms with Crippen LogP contribution < -0.4 is 20.9 Å². The van der Waals surface area contributed by atoms with E-state index in [0.29, 0.717) is 36.1 Å². The number of aromatic nitrogens is 3. The summed E-state index contributed by atoms with van der Waals surface area (Å²) >= 11 is 0. The number of nitrogens with one attached hydrogen (secondary N) is 4. The molecule has 3 amide bonds. The minimum atomic E-state index is -0.718. The van der Waals surface area contributed by atoms with Crippen LogP contribution in [0.15, 0.2) is 73.1 Å². The molecule has 13 heteroatoms. The van der Waals surface area contributed by atoms with Crippen LogP contribution in [-0.2, 0) is 9.53 Å². The van der Waals surface area contributed by atoms with Crippen LogP contribution in [0.3, 0.4) is 0 Å². The van der Waals surface area contributed by atoms with Crippen molar-refractivity contribution in [2.45, 2.75) is 51.4 Å². The van der Waals surface area contributed by atoms with Crippen molar-refractivity contribution in [1.82, 2.24) is 35.4 Å². The lowest BCUT2D eigenvalue weighted by atomic mass is 10.0. The largest absolute Gasteiger partial charge is 0.453 e. The Hall–Kier alpha value is -5.27. The maximum Gasteiger partial charge on any atom is 0.407 e. The molecule has 0 saturated carbocycles. The topological polar surface area (TPSA) is 148 Å². The number of aromatic amines is 1. The molecule has 4 N–H and O–H groups in total. The highest BCUT2D eigenvalue weighted by molar-refractivity contribution is 6.04. The first kappa shape index (κ1) is 36.5. The molecule has 4 atom stereocenters. The van der Waals surface area contributed by atoms with Gasteiger partial charge >= 0.3 is 6.09 Å². The minimum Gasteiger partial charge on any atom is -0.453 e. The Morgan fingerprint density at radius 3 is 2.29 bits per heavy atom. The Bertz CT molecular complexity index is 1840. The van der Waals surface area contributed by atoms with Crippen molar-refractivity contribution in [3.63, 3.8) is 0 Å². The molecule has 0 aliphatic carbocycles. The van der Waals surface area contributed by atoms with Gasteiger partial charge in [-0.1, -0.05) is 50.2 Å². The van der Waals surface area contributed by atoms with E-state index < -0.39 is 12.1 Å². The van der Waals surface area contributed by atoms with Gasteiger partial charge in [0.15, 0.2) is 0 Å². The van der Waals surface area contributed by atoms with E-state index in [0.717, 1.165) is 47.8 Å². The van der Waals surface area contributed by atoms with Crippen LogP contribution in [0.5, 0.6) is 0 Å². The Labute approximate surface area is 305 Å². The van der Waals surface area contributed by atoms with E-state index in [9.17, 15) is 14.4 Å². The molecule has 2 fully saturated rings. The zero-order valence-electron chi connectivity index (χ0n) is 30.7. The van der Waals surface area contributed by atoms with Crippen LogP contribution in [-0.4, -0.2) is 108 Å². The van der Waals surface area contributed by atoms with Gasteiger partial charge in [-0.05, 0) is 68.8 Å². The van der Waals surface area contributed by atoms with Crippen LogP contribution in [0.1, 0.15) is 49.4 Å². The summed E-state index contributed by atoms with van der Waals surface area (Å²) < 4.78 is 4.79. The fraction of sp³-hybridized carbons (Fsp3) is 0.410. The van der Waals surface area contributed by atoms with Gasteiger partial charge in [-0.3, -0.25) is 9.59 Å². The number of rotatable bonds is 10. The molecule has 4 heterocycles. The van der Waals surface area contributed by atoms with Crippen LogP contribution in [0, 0.1) is 5.92 Å². The zero-order chi connectivity index (χ0) is 36.9. The maximum atomic E-state index is 13.8. The number of amides is 3. The van der Waals surface area contributed by atoms with Gasteiger partial charge in [0.05, 0.1) is 24.4 Å². The van der Waals surface area contributed by atoms with Gasteiger partial charge in [-0.15, -0.1) is 0 Å². The van der Waals surface area contributed by atoms with Crippen LogP contribution in [0.2, 0.25) is 0 Å². The minimum absolute atomic E-state index is 0.126. The molecule has 2 aliphatic heterocycles. The fourth-order valence-corrected chi connectivity index (χ4v) is 6.88. The number of benzene rings is 2. The smallest absolute Gasteiger partial charge is 0.407 e. The molecule has 0 radical (unpaired) electrons. The summed E-state index contributed by atoms with van der Waals surface area (Å²) in [4.78, 5) is 57.8. The number of hydrogen-bond acceptors (Lipinski definition) is 9. The molecule has 2 saturated heterocycles. The second-order valence-corrected chi connectivity index (χ2v) is 14.1. The molecule has 6 rings (SSSR count). The van der Waals surface area contributed by atoms with Gasteiger partial charge in [-0.2, -0.15) is 0 Å². The Morgan fingerprint density at radius 2 is 1.67 bits per heavy atom. The molecule has 0 unspecified atom stereocenters. The van der Waals surface area contributed by atoms with Crippen LogP contribution in [0.25, 0.3) is 22.4 Å². The van der Waals surface area contributed by atoms with E-state index >= 15 is 0 Å². The summed E-state index contributed by atoms with van der Waals surface area (Å²) in [6.07, 6.45) is 3.58. The third-order valence-corrected chi connectivity index (χ3v) is 10.1. The van der Waals surface area contributed by atoms with Crippen LogP contribution >= 0.6 is 0 Å². The highest BCUT2D eigenvalue weighted by Crippen LogP contribution is 2.35. The quantitative estimate of drug-likeness (QED) is 0.183. The van der Waals surface area contributed by atoms with Crippen molar-refractivity contribution in [1.29, 1.82) is 0 Å². The molecule has 0 spiro atoms. The number of anilines is 2. The number of methoxy groups -OCH3 is 1.